The molecule has 7 nitrogen and oxygen atoms in total. The Hall–Kier alpha value is -2.96. The molecule has 0 aliphatic carbocycles. The van der Waals surface area contributed by atoms with Gasteiger partial charge in [-0.15, -0.1) is 0 Å². The second kappa shape index (κ2) is 6.43. The molecule has 0 bridgehead atoms. The standard InChI is InChI=1S/C16H16N4O3/c1-20(2)16(21)12-5-3-11(4-6-12)14-7-15(19-23-14)22-13-8-17-10-18-9-13/h3-6,8-10,14H,7H2,1-2H3. The zero-order chi connectivity index (χ0) is 16.2. The van der Waals surface area contributed by atoms with Crippen LogP contribution < -0.4 is 4.74 Å². The largest absolute Gasteiger partial charge is 0.436 e. The maximum absolute atomic E-state index is 11.9. The Morgan fingerprint density at radius 1 is 1.22 bits per heavy atom. The number of ether oxygens (including phenoxy) is 1. The number of aromatic nitrogens is 2. The van der Waals surface area contributed by atoms with Gasteiger partial charge in [-0.25, -0.2) is 9.97 Å². The smallest absolute Gasteiger partial charge is 0.253 e. The van der Waals surface area contributed by atoms with E-state index in [4.69, 9.17) is 9.57 Å². The molecule has 2 heterocycles. The molecule has 2 aromatic rings. The van der Waals surface area contributed by atoms with Gasteiger partial charge in [-0.1, -0.05) is 17.3 Å². The Morgan fingerprint density at radius 2 is 1.91 bits per heavy atom. The molecule has 1 aromatic carbocycles. The van der Waals surface area contributed by atoms with E-state index >= 15 is 0 Å². The highest BCUT2D eigenvalue weighted by atomic mass is 16.7. The average molecular weight is 312 g/mol. The second-order valence-corrected chi connectivity index (χ2v) is 5.28. The van der Waals surface area contributed by atoms with Gasteiger partial charge in [-0.3, -0.25) is 4.79 Å². The van der Waals surface area contributed by atoms with Crippen LogP contribution in [0.4, 0.5) is 0 Å². The highest BCUT2D eigenvalue weighted by Crippen LogP contribution is 2.28. The summed E-state index contributed by atoms with van der Waals surface area (Å²) in [4.78, 5) is 26.6. The summed E-state index contributed by atoms with van der Waals surface area (Å²) in [5.74, 6) is 0.953. The molecule has 0 saturated carbocycles. The minimum atomic E-state index is -0.224. The molecule has 0 radical (unpaired) electrons. The Bertz CT molecular complexity index is 714. The molecule has 0 spiro atoms. The Labute approximate surface area is 133 Å². The highest BCUT2D eigenvalue weighted by molar-refractivity contribution is 5.93. The van der Waals surface area contributed by atoms with Crippen molar-refractivity contribution in [1.82, 2.24) is 14.9 Å². The van der Waals surface area contributed by atoms with Crippen molar-refractivity contribution < 1.29 is 14.4 Å². The van der Waals surface area contributed by atoms with Gasteiger partial charge in [0.1, 0.15) is 6.33 Å². The minimum Gasteiger partial charge on any atom is -0.436 e. The summed E-state index contributed by atoms with van der Waals surface area (Å²) in [5.41, 5.74) is 1.57. The molecule has 1 amide bonds. The van der Waals surface area contributed by atoms with Gasteiger partial charge in [0.2, 0.25) is 5.90 Å². The number of oxime groups is 1. The second-order valence-electron chi connectivity index (χ2n) is 5.28. The molecule has 0 N–H and O–H groups in total. The number of carbonyl (C=O) groups excluding carboxylic acids is 1. The predicted octanol–water partition coefficient (Wildman–Crippen LogP) is 2.03. The summed E-state index contributed by atoms with van der Waals surface area (Å²) in [6.45, 7) is 0. The fraction of sp³-hybridized carbons (Fsp3) is 0.250. The Balaban J connectivity index is 1.63. The number of hydrogen-bond donors (Lipinski definition) is 0. The summed E-state index contributed by atoms with van der Waals surface area (Å²) < 4.78 is 5.56. The van der Waals surface area contributed by atoms with E-state index in [1.54, 1.807) is 38.6 Å². The first-order chi connectivity index (χ1) is 11.1. The number of nitrogens with zero attached hydrogens (tertiary/aromatic N) is 4. The van der Waals surface area contributed by atoms with Crippen LogP contribution in [0.15, 0.2) is 48.1 Å². The molecular weight excluding hydrogens is 296 g/mol. The van der Waals surface area contributed by atoms with Crippen LogP contribution in [0.3, 0.4) is 0 Å². The first kappa shape index (κ1) is 15.0. The number of hydrogen-bond acceptors (Lipinski definition) is 6. The van der Waals surface area contributed by atoms with Crippen LogP contribution in [0.25, 0.3) is 0 Å². The van der Waals surface area contributed by atoms with Crippen LogP contribution in [0.2, 0.25) is 0 Å². The van der Waals surface area contributed by atoms with Crippen LogP contribution in [0.5, 0.6) is 5.75 Å². The molecule has 0 saturated heterocycles. The number of rotatable bonds is 3. The normalized spacial score (nSPS) is 16.4. The van der Waals surface area contributed by atoms with Crippen LogP contribution in [0, 0.1) is 0 Å². The van der Waals surface area contributed by atoms with Crippen molar-refractivity contribution >= 4 is 11.8 Å². The molecule has 1 atom stereocenters. The summed E-state index contributed by atoms with van der Waals surface area (Å²) >= 11 is 0. The molecule has 23 heavy (non-hydrogen) atoms. The quantitative estimate of drug-likeness (QED) is 0.866. The van der Waals surface area contributed by atoms with Crippen molar-refractivity contribution in [3.63, 3.8) is 0 Å². The van der Waals surface area contributed by atoms with Gasteiger partial charge in [0.05, 0.1) is 18.8 Å². The highest BCUT2D eigenvalue weighted by Gasteiger charge is 2.25. The first-order valence-corrected chi connectivity index (χ1v) is 7.10. The lowest BCUT2D eigenvalue weighted by Crippen LogP contribution is -2.21. The monoisotopic (exact) mass is 312 g/mol. The van der Waals surface area contributed by atoms with E-state index in [1.165, 1.54) is 11.2 Å². The van der Waals surface area contributed by atoms with Crippen molar-refractivity contribution in [1.29, 1.82) is 0 Å². The summed E-state index contributed by atoms with van der Waals surface area (Å²) in [6, 6.07) is 7.30. The lowest BCUT2D eigenvalue weighted by Gasteiger charge is -2.12. The van der Waals surface area contributed by atoms with Crippen molar-refractivity contribution in [2.45, 2.75) is 12.5 Å². The topological polar surface area (TPSA) is 76.9 Å². The van der Waals surface area contributed by atoms with E-state index in [-0.39, 0.29) is 12.0 Å². The molecule has 1 unspecified atom stereocenters. The van der Waals surface area contributed by atoms with Gasteiger partial charge in [0.15, 0.2) is 11.9 Å². The van der Waals surface area contributed by atoms with Gasteiger partial charge >= 0.3 is 0 Å². The molecule has 7 heteroatoms. The zero-order valence-corrected chi connectivity index (χ0v) is 12.8. The lowest BCUT2D eigenvalue weighted by atomic mass is 10.0. The third kappa shape index (κ3) is 3.45. The van der Waals surface area contributed by atoms with Crippen molar-refractivity contribution in [3.8, 4) is 5.75 Å². The molecular formula is C16H16N4O3. The van der Waals surface area contributed by atoms with Gasteiger partial charge in [-0.05, 0) is 17.7 Å². The third-order valence-electron chi connectivity index (χ3n) is 3.35. The van der Waals surface area contributed by atoms with Gasteiger partial charge in [-0.2, -0.15) is 0 Å². The summed E-state index contributed by atoms with van der Waals surface area (Å²) in [6.07, 6.45) is 4.84. The van der Waals surface area contributed by atoms with Crippen LogP contribution >= 0.6 is 0 Å². The van der Waals surface area contributed by atoms with E-state index < -0.39 is 0 Å². The van der Waals surface area contributed by atoms with E-state index in [0.717, 1.165) is 5.56 Å². The fourth-order valence-corrected chi connectivity index (χ4v) is 2.17. The summed E-state index contributed by atoms with van der Waals surface area (Å²) in [7, 11) is 3.45. The maximum Gasteiger partial charge on any atom is 0.253 e. The Kier molecular flexibility index (Phi) is 4.18. The van der Waals surface area contributed by atoms with Gasteiger partial charge in [0, 0.05) is 19.7 Å². The molecule has 1 aromatic heterocycles. The minimum absolute atomic E-state index is 0.0340. The van der Waals surface area contributed by atoms with Crippen LogP contribution in [0.1, 0.15) is 28.4 Å². The SMILES string of the molecule is CN(C)C(=O)c1ccc(C2CC(Oc3cncnc3)=NO2)cc1. The van der Waals surface area contributed by atoms with E-state index in [9.17, 15) is 4.79 Å². The van der Waals surface area contributed by atoms with Gasteiger partial charge < -0.3 is 14.5 Å². The number of carbonyl (C=O) groups is 1. The molecule has 1 aliphatic heterocycles. The van der Waals surface area contributed by atoms with Crippen LogP contribution in [-0.4, -0.2) is 40.8 Å². The molecule has 0 fully saturated rings. The number of benzene rings is 1. The third-order valence-corrected chi connectivity index (χ3v) is 3.35. The van der Waals surface area contributed by atoms with Crippen molar-refractivity contribution in [2.24, 2.45) is 5.16 Å². The van der Waals surface area contributed by atoms with Crippen molar-refractivity contribution in [3.05, 3.63) is 54.1 Å². The van der Waals surface area contributed by atoms with Crippen LogP contribution in [-0.2, 0) is 4.84 Å². The lowest BCUT2D eigenvalue weighted by molar-refractivity contribution is 0.0823. The first-order valence-electron chi connectivity index (χ1n) is 7.10. The fourth-order valence-electron chi connectivity index (χ4n) is 2.17. The van der Waals surface area contributed by atoms with Gasteiger partial charge in [0.25, 0.3) is 5.91 Å². The zero-order valence-electron chi connectivity index (χ0n) is 12.8. The maximum atomic E-state index is 11.9. The molecule has 1 aliphatic rings. The Morgan fingerprint density at radius 3 is 2.57 bits per heavy atom. The molecule has 118 valence electrons. The van der Waals surface area contributed by atoms with E-state index in [2.05, 4.69) is 15.1 Å². The summed E-state index contributed by atoms with van der Waals surface area (Å²) in [5, 5.41) is 3.94. The van der Waals surface area contributed by atoms with Crippen molar-refractivity contribution in [2.75, 3.05) is 14.1 Å². The van der Waals surface area contributed by atoms with E-state index in [0.29, 0.717) is 23.6 Å². The predicted molar refractivity (Wildman–Crippen MR) is 83.0 cm³/mol. The molecule has 3 rings (SSSR count). The number of amides is 1. The van der Waals surface area contributed by atoms with E-state index in [1.807, 2.05) is 12.1 Å². The average Bonchev–Trinajstić information content (AvgIpc) is 3.03.